The number of hydrogen-bond acceptors (Lipinski definition) is 7. The number of alkyl halides is 1. The Morgan fingerprint density at radius 1 is 1.16 bits per heavy atom. The second-order valence-electron chi connectivity index (χ2n) is 10.9. The van der Waals surface area contributed by atoms with E-state index in [4.69, 9.17) is 16.3 Å². The van der Waals surface area contributed by atoms with Crippen LogP contribution in [0.2, 0.25) is 0 Å². The maximum absolute atomic E-state index is 13.2. The fourth-order valence-electron chi connectivity index (χ4n) is 4.58. The van der Waals surface area contributed by atoms with E-state index in [0.717, 1.165) is 17.6 Å². The molecular formula is C28H41ClN2O5S. The van der Waals surface area contributed by atoms with Crippen molar-refractivity contribution in [2.75, 3.05) is 12.8 Å². The number of nitrogens with one attached hydrogen (secondary N) is 2. The Labute approximate surface area is 229 Å². The average Bonchev–Trinajstić information content (AvgIpc) is 3.10. The lowest BCUT2D eigenvalue weighted by Gasteiger charge is -2.44. The maximum Gasteiger partial charge on any atom is 0.237 e. The third kappa shape index (κ3) is 7.82. The molecule has 3 unspecified atom stereocenters. The molecule has 3 rings (SSSR count). The van der Waals surface area contributed by atoms with Gasteiger partial charge < -0.3 is 30.7 Å². The maximum atomic E-state index is 13.2. The molecule has 1 aromatic carbocycles. The standard InChI is InChI=1S/C28H41ClN2O5S/c1-16(29)21(25-23(33)22(32)24(34)27(36-25)37-5)31-26(35)20-13-10-18(14-15-30-20)7-6-17-8-11-19(12-9-17)28(2,3)4/h6-12,16,20-25,27,30,32-34H,13-15H2,1-5H3,(H,31,35)/b7-6+/t16-,20-,21+,22?,23?,24+,25+,27?/m0/s1. The summed E-state index contributed by atoms with van der Waals surface area (Å²) in [5, 5.41) is 36.6. The van der Waals surface area contributed by atoms with Crippen LogP contribution in [-0.2, 0) is 14.9 Å². The van der Waals surface area contributed by atoms with Crippen molar-refractivity contribution < 1.29 is 24.9 Å². The van der Waals surface area contributed by atoms with Crippen LogP contribution in [0.3, 0.4) is 0 Å². The summed E-state index contributed by atoms with van der Waals surface area (Å²) < 4.78 is 5.85. The predicted octanol–water partition coefficient (Wildman–Crippen LogP) is 2.96. The lowest BCUT2D eigenvalue weighted by atomic mass is 9.87. The first-order valence-corrected chi connectivity index (χ1v) is 14.5. The number of rotatable bonds is 7. The molecule has 2 aliphatic rings. The van der Waals surface area contributed by atoms with Gasteiger partial charge in [-0.1, -0.05) is 68.8 Å². The minimum atomic E-state index is -1.40. The van der Waals surface area contributed by atoms with Gasteiger partial charge in [0.15, 0.2) is 0 Å². The van der Waals surface area contributed by atoms with E-state index >= 15 is 0 Å². The Kier molecular flexibility index (Phi) is 10.7. The van der Waals surface area contributed by atoms with E-state index < -0.39 is 47.3 Å². The van der Waals surface area contributed by atoms with Gasteiger partial charge in [-0.25, -0.2) is 0 Å². The number of ether oxygens (including phenoxy) is 1. The van der Waals surface area contributed by atoms with Gasteiger partial charge >= 0.3 is 0 Å². The first-order chi connectivity index (χ1) is 17.4. The van der Waals surface area contributed by atoms with Crippen LogP contribution in [0.25, 0.3) is 6.08 Å². The summed E-state index contributed by atoms with van der Waals surface area (Å²) in [5.41, 5.74) is 2.95. The summed E-state index contributed by atoms with van der Waals surface area (Å²) in [6.07, 6.45) is 4.30. The van der Waals surface area contributed by atoms with Crippen LogP contribution in [0.15, 0.2) is 42.0 Å². The van der Waals surface area contributed by atoms with Crippen molar-refractivity contribution in [3.8, 4) is 0 Å². The SMILES string of the molecule is CSC1O[C@H]([C@H](NC(=O)[C@@H]2CC=C(/C=C/c3ccc(C(C)(C)C)cc3)CCN2)[C@H](C)Cl)C(O)C(O)[C@H]1O. The molecule has 0 radical (unpaired) electrons. The van der Waals surface area contributed by atoms with E-state index in [1.54, 1.807) is 13.2 Å². The number of aliphatic hydroxyl groups is 3. The first kappa shape index (κ1) is 30.2. The summed E-state index contributed by atoms with van der Waals surface area (Å²) >= 11 is 7.61. The minimum absolute atomic E-state index is 0.118. The van der Waals surface area contributed by atoms with Gasteiger partial charge in [0.05, 0.1) is 17.5 Å². The van der Waals surface area contributed by atoms with Gasteiger partial charge in [-0.15, -0.1) is 23.4 Å². The molecule has 1 aromatic rings. The predicted molar refractivity (Wildman–Crippen MR) is 151 cm³/mol. The minimum Gasteiger partial charge on any atom is -0.388 e. The molecule has 2 aliphatic heterocycles. The Balaban J connectivity index is 1.64. The highest BCUT2D eigenvalue weighted by molar-refractivity contribution is 7.99. The average molecular weight is 553 g/mol. The number of aliphatic hydroxyl groups excluding tert-OH is 3. The zero-order chi connectivity index (χ0) is 27.3. The molecule has 8 atom stereocenters. The molecule has 37 heavy (non-hydrogen) atoms. The molecule has 0 bridgehead atoms. The summed E-state index contributed by atoms with van der Waals surface area (Å²) in [5.74, 6) is -0.256. The van der Waals surface area contributed by atoms with Crippen molar-refractivity contribution in [1.29, 1.82) is 0 Å². The summed E-state index contributed by atoms with van der Waals surface area (Å²) in [6.45, 7) is 8.93. The highest BCUT2D eigenvalue weighted by Gasteiger charge is 2.48. The van der Waals surface area contributed by atoms with Crippen molar-refractivity contribution in [2.45, 2.75) is 93.3 Å². The molecule has 2 heterocycles. The molecule has 0 aromatic heterocycles. The van der Waals surface area contributed by atoms with Gasteiger partial charge in [0.1, 0.15) is 29.9 Å². The number of allylic oxidation sites excluding steroid dienone is 1. The van der Waals surface area contributed by atoms with Gasteiger partial charge in [-0.2, -0.15) is 0 Å². The van der Waals surface area contributed by atoms with Gasteiger partial charge in [-0.05, 0) is 49.1 Å². The number of hydrogen-bond donors (Lipinski definition) is 5. The zero-order valence-corrected chi connectivity index (χ0v) is 23.8. The Morgan fingerprint density at radius 3 is 2.43 bits per heavy atom. The number of carbonyl (C=O) groups excluding carboxylic acids is 1. The van der Waals surface area contributed by atoms with Crippen molar-refractivity contribution in [2.24, 2.45) is 0 Å². The van der Waals surface area contributed by atoms with Gasteiger partial charge in [0.2, 0.25) is 5.91 Å². The molecule has 0 spiro atoms. The number of thioether (sulfide) groups is 1. The number of benzene rings is 1. The quantitative estimate of drug-likeness (QED) is 0.331. The van der Waals surface area contributed by atoms with Crippen LogP contribution in [0, 0.1) is 0 Å². The molecule has 206 valence electrons. The van der Waals surface area contributed by atoms with Crippen molar-refractivity contribution in [3.63, 3.8) is 0 Å². The Hall–Kier alpha value is -1.39. The second-order valence-corrected chi connectivity index (χ2v) is 12.5. The fourth-order valence-corrected chi connectivity index (χ4v) is 5.47. The van der Waals surface area contributed by atoms with Gasteiger partial charge in [0, 0.05) is 0 Å². The number of carbonyl (C=O) groups is 1. The zero-order valence-electron chi connectivity index (χ0n) is 22.2. The van der Waals surface area contributed by atoms with E-state index in [1.807, 2.05) is 0 Å². The highest BCUT2D eigenvalue weighted by atomic mass is 35.5. The lowest BCUT2D eigenvalue weighted by Crippen LogP contribution is -2.65. The largest absolute Gasteiger partial charge is 0.388 e. The number of amides is 1. The van der Waals surface area contributed by atoms with E-state index in [2.05, 4.69) is 73.9 Å². The smallest absolute Gasteiger partial charge is 0.237 e. The van der Waals surface area contributed by atoms with Crippen molar-refractivity contribution >= 4 is 35.3 Å². The molecule has 0 saturated carbocycles. The summed E-state index contributed by atoms with van der Waals surface area (Å²) in [4.78, 5) is 13.2. The van der Waals surface area contributed by atoms with Crippen LogP contribution in [0.5, 0.6) is 0 Å². The van der Waals surface area contributed by atoms with Gasteiger partial charge in [-0.3, -0.25) is 4.79 Å². The summed E-state index contributed by atoms with van der Waals surface area (Å²) in [7, 11) is 0. The van der Waals surface area contributed by atoms with Crippen molar-refractivity contribution in [1.82, 2.24) is 10.6 Å². The van der Waals surface area contributed by atoms with Crippen LogP contribution in [-0.4, -0.2) is 81.3 Å². The fraction of sp³-hybridized carbons (Fsp3) is 0.607. The molecule has 0 aliphatic carbocycles. The molecule has 1 fully saturated rings. The highest BCUT2D eigenvalue weighted by Crippen LogP contribution is 2.30. The normalized spacial score (nSPS) is 30.9. The molecule has 1 saturated heterocycles. The van der Waals surface area contributed by atoms with E-state index in [-0.39, 0.29) is 11.3 Å². The van der Waals surface area contributed by atoms with E-state index in [9.17, 15) is 20.1 Å². The first-order valence-electron chi connectivity index (χ1n) is 12.8. The molecular weight excluding hydrogens is 512 g/mol. The lowest BCUT2D eigenvalue weighted by molar-refractivity contribution is -0.205. The van der Waals surface area contributed by atoms with Crippen LogP contribution >= 0.6 is 23.4 Å². The monoisotopic (exact) mass is 552 g/mol. The van der Waals surface area contributed by atoms with Crippen LogP contribution in [0.1, 0.15) is 51.7 Å². The van der Waals surface area contributed by atoms with Gasteiger partial charge in [0.25, 0.3) is 0 Å². The Bertz CT molecular complexity index is 960. The van der Waals surface area contributed by atoms with E-state index in [1.165, 1.54) is 17.3 Å². The topological polar surface area (TPSA) is 111 Å². The second kappa shape index (κ2) is 13.1. The summed E-state index contributed by atoms with van der Waals surface area (Å²) in [6, 6.07) is 7.33. The molecule has 7 nitrogen and oxygen atoms in total. The van der Waals surface area contributed by atoms with E-state index in [0.29, 0.717) is 13.0 Å². The molecule has 5 N–H and O–H groups in total. The van der Waals surface area contributed by atoms with Crippen LogP contribution < -0.4 is 10.6 Å². The van der Waals surface area contributed by atoms with Crippen molar-refractivity contribution in [3.05, 3.63) is 53.1 Å². The third-order valence-corrected chi connectivity index (χ3v) is 8.13. The molecule has 1 amide bonds. The van der Waals surface area contributed by atoms with Crippen LogP contribution in [0.4, 0.5) is 0 Å². The third-order valence-electron chi connectivity index (χ3n) is 7.00. The molecule has 9 heteroatoms. The number of halogens is 1. The Morgan fingerprint density at radius 2 is 1.84 bits per heavy atom.